The van der Waals surface area contributed by atoms with Gasteiger partial charge in [-0.15, -0.1) is 0 Å². The van der Waals surface area contributed by atoms with Gasteiger partial charge >= 0.3 is 5.82 Å². The first kappa shape index (κ1) is 16.6. The van der Waals surface area contributed by atoms with Gasteiger partial charge in [-0.2, -0.15) is 0 Å². The average Bonchev–Trinajstić information content (AvgIpc) is 2.87. The second-order valence-electron chi connectivity index (χ2n) is 5.58. The van der Waals surface area contributed by atoms with Crippen LogP contribution in [0.5, 0.6) is 0 Å². The Kier molecular flexibility index (Phi) is 4.35. The molecule has 0 radical (unpaired) electrons. The molecule has 1 aliphatic rings. The minimum atomic E-state index is -0.610. The third-order valence-electron chi connectivity index (χ3n) is 3.96. The molecule has 0 saturated carbocycles. The highest BCUT2D eigenvalue weighted by Gasteiger charge is 2.27. The van der Waals surface area contributed by atoms with E-state index in [2.05, 4.69) is 20.9 Å². The van der Waals surface area contributed by atoms with Gasteiger partial charge in [0.15, 0.2) is 0 Å². The Bertz CT molecular complexity index is 836. The zero-order valence-corrected chi connectivity index (χ0v) is 14.4. The zero-order chi connectivity index (χ0) is 17.4. The molecule has 2 aromatic rings. The van der Waals surface area contributed by atoms with Crippen LogP contribution in [-0.4, -0.2) is 26.9 Å². The molecule has 0 bridgehead atoms. The van der Waals surface area contributed by atoms with E-state index < -0.39 is 10.7 Å². The maximum absolute atomic E-state index is 14.3. The van der Waals surface area contributed by atoms with E-state index in [9.17, 15) is 19.3 Å². The number of aryl methyl sites for hydroxylation is 2. The van der Waals surface area contributed by atoms with Crippen LogP contribution in [0.25, 0.3) is 0 Å². The van der Waals surface area contributed by atoms with Gasteiger partial charge in [0, 0.05) is 17.9 Å². The van der Waals surface area contributed by atoms with Crippen LogP contribution in [0.3, 0.4) is 0 Å². The topological polar surface area (TPSA) is 81.3 Å². The van der Waals surface area contributed by atoms with Crippen LogP contribution in [0.15, 0.2) is 22.8 Å². The number of rotatable bonds is 3. The summed E-state index contributed by atoms with van der Waals surface area (Å²) in [4.78, 5) is 28.0. The second kappa shape index (κ2) is 6.31. The number of imidazole rings is 1. The molecule has 0 atom stereocenters. The summed E-state index contributed by atoms with van der Waals surface area (Å²) >= 11 is 3.26. The smallest absolute Gasteiger partial charge is 0.358 e. The maximum atomic E-state index is 14.3. The Hall–Kier alpha value is -2.29. The zero-order valence-electron chi connectivity index (χ0n) is 12.8. The molecule has 0 spiro atoms. The van der Waals surface area contributed by atoms with Crippen LogP contribution in [0.2, 0.25) is 0 Å². The lowest BCUT2D eigenvalue weighted by molar-refractivity contribution is -0.389. The predicted molar refractivity (Wildman–Crippen MR) is 88.4 cm³/mol. The molecule has 24 heavy (non-hydrogen) atoms. The standard InChI is InChI=1S/C15H14BrFN4O3/c1-9-18-13(21(23)24)7-19(9)8-14(22)20-4-2-3-10-5-11(16)6-12(17)15(10)20/h5-7H,2-4,8H2,1H3. The molecule has 0 saturated heterocycles. The number of nitrogens with zero attached hydrogens (tertiary/aromatic N) is 4. The highest BCUT2D eigenvalue weighted by molar-refractivity contribution is 9.10. The summed E-state index contributed by atoms with van der Waals surface area (Å²) < 4.78 is 16.4. The minimum absolute atomic E-state index is 0.123. The molecular weight excluding hydrogens is 383 g/mol. The first-order valence-electron chi connectivity index (χ1n) is 7.33. The van der Waals surface area contributed by atoms with Crippen LogP contribution in [0.1, 0.15) is 17.8 Å². The van der Waals surface area contributed by atoms with Crippen molar-refractivity contribution in [2.45, 2.75) is 26.3 Å². The van der Waals surface area contributed by atoms with Crippen molar-refractivity contribution in [2.24, 2.45) is 0 Å². The van der Waals surface area contributed by atoms with E-state index in [0.717, 1.165) is 12.0 Å². The molecule has 7 nitrogen and oxygen atoms in total. The summed E-state index contributed by atoms with van der Waals surface area (Å²) in [5, 5.41) is 10.8. The van der Waals surface area contributed by atoms with Crippen molar-refractivity contribution in [1.29, 1.82) is 0 Å². The van der Waals surface area contributed by atoms with Gasteiger partial charge in [0.05, 0.1) is 5.69 Å². The number of anilines is 1. The number of carbonyl (C=O) groups excluding carboxylic acids is 1. The average molecular weight is 397 g/mol. The van der Waals surface area contributed by atoms with E-state index in [1.807, 2.05) is 6.07 Å². The summed E-state index contributed by atoms with van der Waals surface area (Å²) in [6.45, 7) is 1.88. The summed E-state index contributed by atoms with van der Waals surface area (Å²) in [6, 6.07) is 3.14. The Morgan fingerprint density at radius 3 is 2.92 bits per heavy atom. The van der Waals surface area contributed by atoms with Crippen molar-refractivity contribution in [1.82, 2.24) is 9.55 Å². The summed E-state index contributed by atoms with van der Waals surface area (Å²) in [5.41, 5.74) is 1.07. The van der Waals surface area contributed by atoms with E-state index >= 15 is 0 Å². The number of hydrogen-bond acceptors (Lipinski definition) is 4. The lowest BCUT2D eigenvalue weighted by Crippen LogP contribution is -2.38. The molecule has 1 aliphatic heterocycles. The number of halogens is 2. The molecule has 3 rings (SSSR count). The molecule has 9 heteroatoms. The molecule has 1 aromatic carbocycles. The predicted octanol–water partition coefficient (Wildman–Crippen LogP) is 2.98. The Balaban J connectivity index is 1.89. The van der Waals surface area contributed by atoms with Gasteiger partial charge in [-0.3, -0.25) is 9.36 Å². The number of amides is 1. The van der Waals surface area contributed by atoms with Crippen LogP contribution >= 0.6 is 15.9 Å². The van der Waals surface area contributed by atoms with Crippen LogP contribution in [-0.2, 0) is 17.8 Å². The fourth-order valence-corrected chi connectivity index (χ4v) is 3.35. The van der Waals surface area contributed by atoms with Crippen molar-refractivity contribution < 1.29 is 14.1 Å². The monoisotopic (exact) mass is 396 g/mol. The number of aromatic nitrogens is 2. The number of carbonyl (C=O) groups is 1. The third-order valence-corrected chi connectivity index (χ3v) is 4.42. The fraction of sp³-hybridized carbons (Fsp3) is 0.333. The van der Waals surface area contributed by atoms with Crippen LogP contribution in [0, 0.1) is 22.9 Å². The van der Waals surface area contributed by atoms with Crippen LogP contribution < -0.4 is 4.90 Å². The van der Waals surface area contributed by atoms with Crippen molar-refractivity contribution in [3.8, 4) is 0 Å². The first-order chi connectivity index (χ1) is 11.4. The largest absolute Gasteiger partial charge is 0.381 e. The summed E-state index contributed by atoms with van der Waals surface area (Å²) in [7, 11) is 0. The first-order valence-corrected chi connectivity index (χ1v) is 8.12. The van der Waals surface area contributed by atoms with Crippen LogP contribution in [0.4, 0.5) is 15.9 Å². The Morgan fingerprint density at radius 2 is 2.25 bits per heavy atom. The lowest BCUT2D eigenvalue weighted by atomic mass is 10.0. The van der Waals surface area contributed by atoms with Gasteiger partial charge in [-0.05, 0) is 40.4 Å². The van der Waals surface area contributed by atoms with E-state index in [-0.39, 0.29) is 18.3 Å². The van der Waals surface area contributed by atoms with Gasteiger partial charge in [-0.1, -0.05) is 15.9 Å². The van der Waals surface area contributed by atoms with E-state index in [0.29, 0.717) is 29.0 Å². The number of hydrogen-bond donors (Lipinski definition) is 0. The van der Waals surface area contributed by atoms with E-state index in [1.165, 1.54) is 21.7 Å². The number of nitro groups is 1. The quantitative estimate of drug-likeness (QED) is 0.589. The van der Waals surface area contributed by atoms with Gasteiger partial charge in [0.25, 0.3) is 0 Å². The molecule has 0 N–H and O–H groups in total. The summed E-state index contributed by atoms with van der Waals surface area (Å²) in [6.07, 6.45) is 2.65. The van der Waals surface area contributed by atoms with Gasteiger partial charge in [0.1, 0.15) is 18.6 Å². The molecular formula is C15H14BrFN4O3. The molecule has 126 valence electrons. The normalized spacial score (nSPS) is 13.7. The third kappa shape index (κ3) is 3.03. The molecule has 0 fully saturated rings. The second-order valence-corrected chi connectivity index (χ2v) is 6.49. The molecule has 0 aliphatic carbocycles. The highest BCUT2D eigenvalue weighted by Crippen LogP contribution is 2.33. The lowest BCUT2D eigenvalue weighted by Gasteiger charge is -2.30. The van der Waals surface area contributed by atoms with Gasteiger partial charge in [0.2, 0.25) is 11.7 Å². The Labute approximate surface area is 145 Å². The molecule has 1 amide bonds. The minimum Gasteiger partial charge on any atom is -0.358 e. The highest BCUT2D eigenvalue weighted by atomic mass is 79.9. The van der Waals surface area contributed by atoms with Crippen molar-refractivity contribution in [2.75, 3.05) is 11.4 Å². The SMILES string of the molecule is Cc1nc([N+](=O)[O-])cn1CC(=O)N1CCCc2cc(Br)cc(F)c21. The summed E-state index contributed by atoms with van der Waals surface area (Å²) in [5.74, 6) is -0.730. The van der Waals surface area contributed by atoms with E-state index in [1.54, 1.807) is 6.92 Å². The fourth-order valence-electron chi connectivity index (χ4n) is 2.87. The number of benzene rings is 1. The van der Waals surface area contributed by atoms with Gasteiger partial charge < -0.3 is 15.0 Å². The van der Waals surface area contributed by atoms with E-state index in [4.69, 9.17) is 0 Å². The maximum Gasteiger partial charge on any atom is 0.381 e. The number of fused-ring (bicyclic) bond motifs is 1. The molecule has 0 unspecified atom stereocenters. The van der Waals surface area contributed by atoms with Crippen molar-refractivity contribution >= 4 is 33.3 Å². The van der Waals surface area contributed by atoms with Crippen molar-refractivity contribution in [3.63, 3.8) is 0 Å². The Morgan fingerprint density at radius 1 is 1.50 bits per heavy atom. The van der Waals surface area contributed by atoms with Crippen molar-refractivity contribution in [3.05, 3.63) is 50.1 Å². The molecule has 1 aromatic heterocycles. The molecule has 2 heterocycles. The van der Waals surface area contributed by atoms with Gasteiger partial charge in [-0.25, -0.2) is 4.39 Å².